The highest BCUT2D eigenvalue weighted by atomic mass is 35.5. The number of hydrogen-bond acceptors (Lipinski definition) is 3. The summed E-state index contributed by atoms with van der Waals surface area (Å²) >= 11 is 5.99. The second-order valence-electron chi connectivity index (χ2n) is 3.92. The molecule has 5 heteroatoms. The maximum atomic E-state index is 11.4. The highest BCUT2D eigenvalue weighted by Crippen LogP contribution is 2.22. The van der Waals surface area contributed by atoms with E-state index in [9.17, 15) is 9.59 Å². The van der Waals surface area contributed by atoms with Crippen LogP contribution in [0.25, 0.3) is 0 Å². The van der Waals surface area contributed by atoms with Gasteiger partial charge in [0, 0.05) is 24.8 Å². The van der Waals surface area contributed by atoms with Gasteiger partial charge in [-0.2, -0.15) is 0 Å². The van der Waals surface area contributed by atoms with E-state index < -0.39 is 0 Å². The molecule has 0 aliphatic heterocycles. The zero-order valence-electron chi connectivity index (χ0n) is 10.6. The molecule has 0 aliphatic carbocycles. The lowest BCUT2D eigenvalue weighted by Gasteiger charge is -2.23. The number of aldehydes is 1. The van der Waals surface area contributed by atoms with E-state index in [1.165, 1.54) is 0 Å². The molecule has 0 atom stereocenters. The van der Waals surface area contributed by atoms with Gasteiger partial charge in [0.2, 0.25) is 5.91 Å². The number of halogens is 1. The van der Waals surface area contributed by atoms with Gasteiger partial charge in [-0.25, -0.2) is 0 Å². The molecule has 18 heavy (non-hydrogen) atoms. The van der Waals surface area contributed by atoms with Gasteiger partial charge in [-0.3, -0.25) is 9.59 Å². The van der Waals surface area contributed by atoms with Crippen LogP contribution < -0.4 is 10.2 Å². The first-order valence-corrected chi connectivity index (χ1v) is 6.20. The zero-order chi connectivity index (χ0) is 13.5. The summed E-state index contributed by atoms with van der Waals surface area (Å²) in [7, 11) is 1.61. The predicted octanol–water partition coefficient (Wildman–Crippen LogP) is 2.11. The summed E-state index contributed by atoms with van der Waals surface area (Å²) in [5.41, 5.74) is 1.30. The Morgan fingerprint density at radius 2 is 2.22 bits per heavy atom. The lowest BCUT2D eigenvalue weighted by molar-refractivity contribution is -0.119. The molecule has 98 valence electrons. The van der Waals surface area contributed by atoms with Crippen LogP contribution in [-0.4, -0.2) is 32.3 Å². The topological polar surface area (TPSA) is 49.4 Å². The van der Waals surface area contributed by atoms with Crippen molar-refractivity contribution in [2.24, 2.45) is 0 Å². The molecule has 4 nitrogen and oxygen atoms in total. The molecule has 1 aromatic carbocycles. The molecule has 0 unspecified atom stereocenters. The highest BCUT2D eigenvalue weighted by Gasteiger charge is 2.11. The minimum Gasteiger partial charge on any atom is -0.362 e. The number of amides is 1. The Kier molecular flexibility index (Phi) is 5.65. The third-order valence-corrected chi connectivity index (χ3v) is 2.91. The van der Waals surface area contributed by atoms with Crippen LogP contribution in [0, 0.1) is 0 Å². The molecule has 0 radical (unpaired) electrons. The van der Waals surface area contributed by atoms with Crippen molar-refractivity contribution < 1.29 is 9.59 Å². The van der Waals surface area contributed by atoms with Crippen LogP contribution in [0.15, 0.2) is 18.2 Å². The summed E-state index contributed by atoms with van der Waals surface area (Å²) in [5.74, 6) is -0.0564. The minimum atomic E-state index is -0.0564. The first-order valence-electron chi connectivity index (χ1n) is 5.82. The van der Waals surface area contributed by atoms with Crippen molar-refractivity contribution in [3.8, 4) is 0 Å². The number of anilines is 1. The van der Waals surface area contributed by atoms with Gasteiger partial charge in [0.15, 0.2) is 6.29 Å². The van der Waals surface area contributed by atoms with E-state index >= 15 is 0 Å². The molecule has 0 aliphatic rings. The van der Waals surface area contributed by atoms with Crippen molar-refractivity contribution in [1.82, 2.24) is 5.32 Å². The van der Waals surface area contributed by atoms with Crippen molar-refractivity contribution in [2.45, 2.75) is 13.3 Å². The smallest absolute Gasteiger partial charge is 0.239 e. The fourth-order valence-corrected chi connectivity index (χ4v) is 1.85. The average molecular weight is 269 g/mol. The molecular weight excluding hydrogens is 252 g/mol. The van der Waals surface area contributed by atoms with E-state index in [1.54, 1.807) is 25.2 Å². The average Bonchev–Trinajstić information content (AvgIpc) is 2.38. The van der Waals surface area contributed by atoms with E-state index in [1.807, 2.05) is 11.8 Å². The summed E-state index contributed by atoms with van der Waals surface area (Å²) in [6.45, 7) is 3.07. The Balaban J connectivity index is 2.94. The van der Waals surface area contributed by atoms with Gasteiger partial charge in [-0.15, -0.1) is 0 Å². The number of nitrogens with zero attached hydrogens (tertiary/aromatic N) is 1. The molecule has 0 fully saturated rings. The molecule has 1 N–H and O–H groups in total. The van der Waals surface area contributed by atoms with E-state index in [0.29, 0.717) is 10.6 Å². The molecular formula is C13H17ClN2O2. The zero-order valence-corrected chi connectivity index (χ0v) is 11.3. The van der Waals surface area contributed by atoms with Crippen LogP contribution in [0.2, 0.25) is 5.02 Å². The summed E-state index contributed by atoms with van der Waals surface area (Å²) in [4.78, 5) is 24.1. The minimum absolute atomic E-state index is 0.0564. The van der Waals surface area contributed by atoms with Crippen molar-refractivity contribution in [2.75, 3.05) is 25.0 Å². The van der Waals surface area contributed by atoms with Gasteiger partial charge in [0.1, 0.15) is 0 Å². The van der Waals surface area contributed by atoms with Crippen LogP contribution >= 0.6 is 11.6 Å². The number of rotatable bonds is 6. The van der Waals surface area contributed by atoms with Crippen LogP contribution in [0.1, 0.15) is 23.7 Å². The monoisotopic (exact) mass is 268 g/mol. The Bertz CT molecular complexity index is 435. The third kappa shape index (κ3) is 3.74. The van der Waals surface area contributed by atoms with Gasteiger partial charge in [0.05, 0.1) is 11.6 Å². The van der Waals surface area contributed by atoms with E-state index in [-0.39, 0.29) is 12.5 Å². The maximum Gasteiger partial charge on any atom is 0.239 e. The molecule has 0 saturated heterocycles. The summed E-state index contributed by atoms with van der Waals surface area (Å²) in [5, 5.41) is 2.99. The van der Waals surface area contributed by atoms with Crippen molar-refractivity contribution in [3.63, 3.8) is 0 Å². The number of hydrogen-bond donors (Lipinski definition) is 1. The van der Waals surface area contributed by atoms with E-state index in [0.717, 1.165) is 24.9 Å². The lowest BCUT2D eigenvalue weighted by Crippen LogP contribution is -2.36. The molecule has 0 bridgehead atoms. The summed E-state index contributed by atoms with van der Waals surface area (Å²) in [6, 6.07) is 5.18. The van der Waals surface area contributed by atoms with Gasteiger partial charge in [-0.1, -0.05) is 18.5 Å². The Hall–Kier alpha value is -1.55. The van der Waals surface area contributed by atoms with Gasteiger partial charge >= 0.3 is 0 Å². The Morgan fingerprint density at radius 1 is 1.50 bits per heavy atom. The number of carbonyl (C=O) groups excluding carboxylic acids is 2. The van der Waals surface area contributed by atoms with Crippen LogP contribution in [-0.2, 0) is 4.79 Å². The largest absolute Gasteiger partial charge is 0.362 e. The van der Waals surface area contributed by atoms with E-state index in [4.69, 9.17) is 11.6 Å². The number of likely N-dealkylation sites (N-methyl/N-ethyl adjacent to an activating group) is 1. The first kappa shape index (κ1) is 14.5. The second kappa shape index (κ2) is 7.01. The lowest BCUT2D eigenvalue weighted by atomic mass is 10.2. The van der Waals surface area contributed by atoms with Gasteiger partial charge < -0.3 is 10.2 Å². The first-order chi connectivity index (χ1) is 8.62. The van der Waals surface area contributed by atoms with Gasteiger partial charge in [-0.05, 0) is 24.6 Å². The van der Waals surface area contributed by atoms with Crippen LogP contribution in [0.3, 0.4) is 0 Å². The Labute approximate surface area is 112 Å². The maximum absolute atomic E-state index is 11.4. The summed E-state index contributed by atoms with van der Waals surface area (Å²) in [6.07, 6.45) is 1.64. The van der Waals surface area contributed by atoms with Crippen molar-refractivity contribution in [3.05, 3.63) is 28.8 Å². The van der Waals surface area contributed by atoms with E-state index in [2.05, 4.69) is 5.32 Å². The van der Waals surface area contributed by atoms with Crippen LogP contribution in [0.4, 0.5) is 5.69 Å². The summed E-state index contributed by atoms with van der Waals surface area (Å²) < 4.78 is 0. The normalized spacial score (nSPS) is 9.94. The fraction of sp³-hybridized carbons (Fsp3) is 0.385. The molecule has 1 rings (SSSR count). The molecule has 0 spiro atoms. The fourth-order valence-electron chi connectivity index (χ4n) is 1.63. The van der Waals surface area contributed by atoms with Crippen LogP contribution in [0.5, 0.6) is 0 Å². The number of carbonyl (C=O) groups is 2. The molecule has 1 aromatic rings. The number of nitrogens with one attached hydrogen (secondary N) is 1. The number of benzene rings is 1. The highest BCUT2D eigenvalue weighted by molar-refractivity contribution is 6.33. The predicted molar refractivity (Wildman–Crippen MR) is 73.4 cm³/mol. The SMILES string of the molecule is CCCN(CC(=O)NC)c1ccc(C=O)c(Cl)c1. The molecule has 0 saturated carbocycles. The second-order valence-corrected chi connectivity index (χ2v) is 4.33. The van der Waals surface area contributed by atoms with Crippen molar-refractivity contribution >= 4 is 29.5 Å². The molecule has 0 heterocycles. The van der Waals surface area contributed by atoms with Gasteiger partial charge in [0.25, 0.3) is 0 Å². The molecule has 0 aromatic heterocycles. The Morgan fingerprint density at radius 3 is 2.72 bits per heavy atom. The molecule has 1 amide bonds. The van der Waals surface area contributed by atoms with Crippen molar-refractivity contribution in [1.29, 1.82) is 0 Å². The quantitative estimate of drug-likeness (QED) is 0.804. The standard InChI is InChI=1S/C13H17ClN2O2/c1-3-6-16(8-13(18)15-2)11-5-4-10(9-17)12(14)7-11/h4-5,7,9H,3,6,8H2,1-2H3,(H,15,18). The third-order valence-electron chi connectivity index (χ3n) is 2.58.